The van der Waals surface area contributed by atoms with Crippen LogP contribution in [0.3, 0.4) is 0 Å². The maximum absolute atomic E-state index is 13.7. The van der Waals surface area contributed by atoms with Crippen molar-refractivity contribution >= 4 is 23.0 Å². The number of hydrogen-bond acceptors (Lipinski definition) is 3. The number of nitrogen functional groups attached to an aromatic ring is 1. The molecule has 0 aliphatic carbocycles. The highest BCUT2D eigenvalue weighted by atomic mass is 19.1. The summed E-state index contributed by atoms with van der Waals surface area (Å²) in [7, 11) is 0. The molecule has 7 heteroatoms. The lowest BCUT2D eigenvalue weighted by molar-refractivity contribution is 0.0698. The molecule has 0 aliphatic rings. The molecule has 20 heavy (non-hydrogen) atoms. The van der Waals surface area contributed by atoms with Crippen LogP contribution < -0.4 is 11.1 Å². The molecule has 0 bridgehead atoms. The van der Waals surface area contributed by atoms with Crippen molar-refractivity contribution in [3.63, 3.8) is 0 Å². The van der Waals surface area contributed by atoms with Gasteiger partial charge in [0.25, 0.3) is 0 Å². The number of hydrogen-bond donors (Lipinski definition) is 3. The van der Waals surface area contributed by atoms with Gasteiger partial charge in [-0.25, -0.2) is 18.0 Å². The third-order valence-corrected chi connectivity index (χ3v) is 2.57. The molecule has 0 heterocycles. The van der Waals surface area contributed by atoms with Crippen LogP contribution in [-0.4, -0.2) is 11.1 Å². The molecule has 0 aliphatic heterocycles. The molecule has 0 amide bonds. The number of carbonyl (C=O) groups is 1. The number of halogens is 3. The first-order chi connectivity index (χ1) is 9.38. The normalized spacial score (nSPS) is 10.3. The highest BCUT2D eigenvalue weighted by Gasteiger charge is 2.14. The molecular weight excluding hydrogens is 273 g/mol. The molecule has 0 unspecified atom stereocenters. The predicted molar refractivity (Wildman–Crippen MR) is 67.4 cm³/mol. The average Bonchev–Trinajstić information content (AvgIpc) is 2.35. The van der Waals surface area contributed by atoms with E-state index in [-0.39, 0.29) is 22.6 Å². The number of nitrogens with one attached hydrogen (secondary N) is 1. The van der Waals surface area contributed by atoms with Gasteiger partial charge in [0.15, 0.2) is 0 Å². The van der Waals surface area contributed by atoms with Crippen LogP contribution >= 0.6 is 0 Å². The summed E-state index contributed by atoms with van der Waals surface area (Å²) in [6, 6.07) is 4.43. The molecule has 4 N–H and O–H groups in total. The summed E-state index contributed by atoms with van der Waals surface area (Å²) in [6.07, 6.45) is 0. The lowest BCUT2D eigenvalue weighted by atomic mass is 10.1. The first-order valence-corrected chi connectivity index (χ1v) is 5.43. The van der Waals surface area contributed by atoms with Crippen molar-refractivity contribution in [2.45, 2.75) is 0 Å². The van der Waals surface area contributed by atoms with E-state index in [0.29, 0.717) is 6.07 Å². The minimum absolute atomic E-state index is 0.189. The van der Waals surface area contributed by atoms with Crippen molar-refractivity contribution in [3.05, 3.63) is 53.3 Å². The molecular formula is C13H9F3N2O2. The maximum atomic E-state index is 13.7. The van der Waals surface area contributed by atoms with Gasteiger partial charge in [-0.05, 0) is 24.3 Å². The van der Waals surface area contributed by atoms with Crippen LogP contribution in [0.15, 0.2) is 30.3 Å². The molecule has 0 atom stereocenters. The van der Waals surface area contributed by atoms with E-state index in [9.17, 15) is 18.0 Å². The quantitative estimate of drug-likeness (QED) is 0.756. The summed E-state index contributed by atoms with van der Waals surface area (Å²) in [6.45, 7) is 0. The van der Waals surface area contributed by atoms with Crippen LogP contribution in [-0.2, 0) is 0 Å². The second-order valence-corrected chi connectivity index (χ2v) is 3.97. The van der Waals surface area contributed by atoms with E-state index in [1.165, 1.54) is 0 Å². The number of nitrogens with two attached hydrogens (primary N) is 1. The van der Waals surface area contributed by atoms with Gasteiger partial charge in [-0.2, -0.15) is 0 Å². The molecule has 0 fully saturated rings. The third-order valence-electron chi connectivity index (χ3n) is 2.57. The second kappa shape index (κ2) is 5.12. The number of rotatable bonds is 3. The van der Waals surface area contributed by atoms with E-state index in [4.69, 9.17) is 10.8 Å². The minimum Gasteiger partial charge on any atom is -0.478 e. The number of carboxylic acids is 1. The highest BCUT2D eigenvalue weighted by molar-refractivity contribution is 5.95. The summed E-state index contributed by atoms with van der Waals surface area (Å²) >= 11 is 0. The molecule has 2 rings (SSSR count). The Morgan fingerprint density at radius 1 is 1.05 bits per heavy atom. The van der Waals surface area contributed by atoms with Gasteiger partial charge in [0, 0.05) is 11.8 Å². The molecule has 4 nitrogen and oxygen atoms in total. The zero-order valence-electron chi connectivity index (χ0n) is 9.95. The van der Waals surface area contributed by atoms with Crippen LogP contribution in [0, 0.1) is 17.5 Å². The van der Waals surface area contributed by atoms with E-state index >= 15 is 0 Å². The van der Waals surface area contributed by atoms with Gasteiger partial charge in [-0.1, -0.05) is 0 Å². The summed E-state index contributed by atoms with van der Waals surface area (Å²) in [5.41, 5.74) is 4.33. The average molecular weight is 282 g/mol. The molecule has 0 saturated heterocycles. The Labute approximate surface area is 111 Å². The summed E-state index contributed by atoms with van der Waals surface area (Å²) in [5.74, 6) is -3.91. The Morgan fingerprint density at radius 2 is 1.70 bits per heavy atom. The second-order valence-electron chi connectivity index (χ2n) is 3.97. The van der Waals surface area contributed by atoms with Gasteiger partial charge in [-0.3, -0.25) is 0 Å². The lowest BCUT2D eigenvalue weighted by Crippen LogP contribution is -2.06. The van der Waals surface area contributed by atoms with Crippen molar-refractivity contribution in [2.75, 3.05) is 11.1 Å². The Hall–Kier alpha value is -2.70. The van der Waals surface area contributed by atoms with Gasteiger partial charge < -0.3 is 16.2 Å². The molecule has 104 valence electrons. The van der Waals surface area contributed by atoms with Crippen molar-refractivity contribution in [3.8, 4) is 0 Å². The predicted octanol–water partition coefficient (Wildman–Crippen LogP) is 3.13. The smallest absolute Gasteiger partial charge is 0.337 e. The molecule has 2 aromatic carbocycles. The largest absolute Gasteiger partial charge is 0.478 e. The Balaban J connectivity index is 2.43. The monoisotopic (exact) mass is 282 g/mol. The van der Waals surface area contributed by atoms with Crippen LogP contribution in [0.1, 0.15) is 10.4 Å². The standard InChI is InChI=1S/C13H9F3N2O2/c14-6-1-2-11(8(15)3-6)18-12-4-7(13(19)20)10(17)5-9(12)16/h1-5,18H,17H2,(H,19,20). The van der Waals surface area contributed by atoms with Crippen LogP contribution in [0.2, 0.25) is 0 Å². The van der Waals surface area contributed by atoms with Crippen LogP contribution in [0.4, 0.5) is 30.2 Å². The molecule has 0 radical (unpaired) electrons. The zero-order chi connectivity index (χ0) is 14.9. The minimum atomic E-state index is -1.34. The van der Waals surface area contributed by atoms with E-state index in [2.05, 4.69) is 5.32 Å². The van der Waals surface area contributed by atoms with Gasteiger partial charge in [-0.15, -0.1) is 0 Å². The Bertz CT molecular complexity index is 690. The number of aromatic carboxylic acids is 1. The lowest BCUT2D eigenvalue weighted by Gasteiger charge is -2.11. The van der Waals surface area contributed by atoms with Crippen molar-refractivity contribution in [2.24, 2.45) is 0 Å². The fraction of sp³-hybridized carbons (Fsp3) is 0. The van der Waals surface area contributed by atoms with Gasteiger partial charge in [0.1, 0.15) is 17.5 Å². The van der Waals surface area contributed by atoms with E-state index in [1.54, 1.807) is 0 Å². The number of benzene rings is 2. The number of carboxylic acid groups (broad SMARTS) is 1. The van der Waals surface area contributed by atoms with Gasteiger partial charge >= 0.3 is 5.97 Å². The van der Waals surface area contributed by atoms with Gasteiger partial charge in [0.05, 0.1) is 16.9 Å². The first kappa shape index (κ1) is 13.7. The third kappa shape index (κ3) is 2.66. The molecule has 2 aromatic rings. The molecule has 0 saturated carbocycles. The Kier molecular flexibility index (Phi) is 3.51. The summed E-state index contributed by atoms with van der Waals surface area (Å²) < 4.78 is 39.9. The molecule has 0 aromatic heterocycles. The summed E-state index contributed by atoms with van der Waals surface area (Å²) in [4.78, 5) is 10.9. The van der Waals surface area contributed by atoms with Crippen molar-refractivity contribution < 1.29 is 23.1 Å². The van der Waals surface area contributed by atoms with E-state index < -0.39 is 23.4 Å². The SMILES string of the molecule is Nc1cc(F)c(Nc2ccc(F)cc2F)cc1C(=O)O. The van der Waals surface area contributed by atoms with Crippen LogP contribution in [0.5, 0.6) is 0 Å². The molecule has 0 spiro atoms. The first-order valence-electron chi connectivity index (χ1n) is 5.43. The van der Waals surface area contributed by atoms with E-state index in [1.807, 2.05) is 0 Å². The fourth-order valence-electron chi connectivity index (χ4n) is 1.61. The Morgan fingerprint density at radius 3 is 2.30 bits per heavy atom. The van der Waals surface area contributed by atoms with E-state index in [0.717, 1.165) is 24.3 Å². The fourth-order valence-corrected chi connectivity index (χ4v) is 1.61. The van der Waals surface area contributed by atoms with Gasteiger partial charge in [0.2, 0.25) is 0 Å². The summed E-state index contributed by atoms with van der Waals surface area (Å²) in [5, 5.41) is 11.2. The zero-order valence-corrected chi connectivity index (χ0v) is 9.95. The maximum Gasteiger partial charge on any atom is 0.337 e. The van der Waals surface area contributed by atoms with Crippen molar-refractivity contribution in [1.29, 1.82) is 0 Å². The van der Waals surface area contributed by atoms with Crippen molar-refractivity contribution in [1.82, 2.24) is 0 Å². The topological polar surface area (TPSA) is 75.3 Å². The highest BCUT2D eigenvalue weighted by Crippen LogP contribution is 2.27. The number of anilines is 3. The van der Waals surface area contributed by atoms with Crippen LogP contribution in [0.25, 0.3) is 0 Å².